The molecule has 7 heteroatoms. The lowest BCUT2D eigenvalue weighted by Crippen LogP contribution is -2.49. The first-order valence-corrected chi connectivity index (χ1v) is 10.5. The summed E-state index contributed by atoms with van der Waals surface area (Å²) in [5, 5.41) is 16.6. The topological polar surface area (TPSA) is 95.2 Å². The number of benzene rings is 3. The van der Waals surface area contributed by atoms with Gasteiger partial charge in [0.2, 0.25) is 5.82 Å². The summed E-state index contributed by atoms with van der Waals surface area (Å²) in [7, 11) is 0. The van der Waals surface area contributed by atoms with Crippen LogP contribution in [-0.4, -0.2) is 44.2 Å². The molecule has 0 unspecified atom stereocenters. The Morgan fingerprint density at radius 1 is 1.06 bits per heavy atom. The van der Waals surface area contributed by atoms with Gasteiger partial charge in [0.1, 0.15) is 5.69 Å². The fraction of sp³-hybridized carbons (Fsp3) is 0.160. The van der Waals surface area contributed by atoms with Crippen molar-refractivity contribution in [3.05, 3.63) is 72.3 Å². The molecule has 0 saturated carbocycles. The van der Waals surface area contributed by atoms with Crippen LogP contribution in [0.3, 0.4) is 0 Å². The fourth-order valence-electron chi connectivity index (χ4n) is 4.42. The van der Waals surface area contributed by atoms with Crippen LogP contribution in [0.15, 0.2) is 71.3 Å². The van der Waals surface area contributed by atoms with Gasteiger partial charge in [0.05, 0.1) is 5.92 Å². The van der Waals surface area contributed by atoms with Gasteiger partial charge >= 0.3 is 5.97 Å². The number of aromatic amines is 1. The van der Waals surface area contributed by atoms with Gasteiger partial charge in [0.15, 0.2) is 0 Å². The highest BCUT2D eigenvalue weighted by atomic mass is 16.5. The second kappa shape index (κ2) is 7.32. The van der Waals surface area contributed by atoms with E-state index in [0.717, 1.165) is 45.0 Å². The van der Waals surface area contributed by atoms with Crippen molar-refractivity contribution in [1.82, 2.24) is 20.0 Å². The van der Waals surface area contributed by atoms with E-state index in [-0.39, 0.29) is 5.92 Å². The average Bonchev–Trinajstić information content (AvgIpc) is 3.42. The maximum atomic E-state index is 11.1. The Balaban J connectivity index is 1.33. The summed E-state index contributed by atoms with van der Waals surface area (Å²) < 4.78 is 5.58. The van der Waals surface area contributed by atoms with Gasteiger partial charge in [-0.25, -0.2) is 0 Å². The largest absolute Gasteiger partial charge is 0.481 e. The number of aliphatic carboxylic acids is 1. The summed E-state index contributed by atoms with van der Waals surface area (Å²) in [4.78, 5) is 21.2. The highest BCUT2D eigenvalue weighted by Crippen LogP contribution is 2.32. The Kier molecular flexibility index (Phi) is 4.29. The molecule has 5 aromatic rings. The van der Waals surface area contributed by atoms with E-state index in [1.54, 1.807) is 0 Å². The summed E-state index contributed by atoms with van der Waals surface area (Å²) in [6.45, 7) is 1.89. The average molecular weight is 424 g/mol. The Labute approximate surface area is 183 Å². The predicted molar refractivity (Wildman–Crippen MR) is 121 cm³/mol. The lowest BCUT2D eigenvalue weighted by molar-refractivity contribution is -0.147. The Hall–Kier alpha value is -3.97. The van der Waals surface area contributed by atoms with E-state index in [1.165, 1.54) is 0 Å². The van der Waals surface area contributed by atoms with E-state index in [2.05, 4.69) is 38.2 Å². The minimum Gasteiger partial charge on any atom is -0.481 e. The van der Waals surface area contributed by atoms with Crippen molar-refractivity contribution in [3.8, 4) is 23.0 Å². The van der Waals surface area contributed by atoms with E-state index >= 15 is 0 Å². The van der Waals surface area contributed by atoms with Crippen molar-refractivity contribution in [3.63, 3.8) is 0 Å². The van der Waals surface area contributed by atoms with Crippen molar-refractivity contribution < 1.29 is 14.4 Å². The van der Waals surface area contributed by atoms with Gasteiger partial charge < -0.3 is 14.6 Å². The quantitative estimate of drug-likeness (QED) is 0.430. The van der Waals surface area contributed by atoms with Crippen molar-refractivity contribution in [2.45, 2.75) is 6.54 Å². The number of carboxylic acids is 1. The minimum absolute atomic E-state index is 0.261. The predicted octanol–water partition coefficient (Wildman–Crippen LogP) is 4.55. The molecular formula is C25H20N4O3. The number of carboxylic acid groups (broad SMARTS) is 1. The standard InChI is InChI=1S/C25H20N4O3/c30-25(31)17-13-29(14-17)12-16-9-10-20(19-7-3-2-6-18(16)19)23-27-24(32-28-23)22-11-15-5-1-4-8-21(15)26-22/h1-11,17,26H,12-14H2,(H,30,31). The van der Waals surface area contributed by atoms with Crippen LogP contribution in [0.2, 0.25) is 0 Å². The van der Waals surface area contributed by atoms with Crippen LogP contribution >= 0.6 is 0 Å². The molecule has 0 atom stereocenters. The molecule has 158 valence electrons. The second-order valence-corrected chi connectivity index (χ2v) is 8.24. The summed E-state index contributed by atoms with van der Waals surface area (Å²) in [6, 6.07) is 22.3. The number of hydrogen-bond donors (Lipinski definition) is 2. The van der Waals surface area contributed by atoms with E-state index < -0.39 is 5.97 Å². The van der Waals surface area contributed by atoms with Crippen LogP contribution in [0.5, 0.6) is 0 Å². The van der Waals surface area contributed by atoms with Crippen LogP contribution in [0.1, 0.15) is 5.56 Å². The van der Waals surface area contributed by atoms with Gasteiger partial charge in [-0.15, -0.1) is 0 Å². The second-order valence-electron chi connectivity index (χ2n) is 8.24. The molecule has 0 amide bonds. The molecule has 2 aromatic heterocycles. The van der Waals surface area contributed by atoms with E-state index in [0.29, 0.717) is 24.8 Å². The molecule has 0 bridgehead atoms. The summed E-state index contributed by atoms with van der Waals surface area (Å²) in [5.74, 6) is 0.00760. The molecule has 1 aliphatic rings. The normalized spacial score (nSPS) is 14.8. The van der Waals surface area contributed by atoms with Crippen molar-refractivity contribution in [2.75, 3.05) is 13.1 Å². The van der Waals surface area contributed by atoms with Crippen LogP contribution in [-0.2, 0) is 11.3 Å². The Bertz CT molecular complexity index is 1430. The van der Waals surface area contributed by atoms with Crippen LogP contribution in [0.25, 0.3) is 44.6 Å². The molecule has 7 nitrogen and oxygen atoms in total. The number of aromatic nitrogens is 3. The number of H-pyrrole nitrogens is 1. The Morgan fingerprint density at radius 2 is 1.84 bits per heavy atom. The zero-order valence-electron chi connectivity index (χ0n) is 17.2. The molecule has 3 heterocycles. The van der Waals surface area contributed by atoms with Crippen LogP contribution in [0, 0.1) is 5.92 Å². The monoisotopic (exact) mass is 424 g/mol. The molecule has 0 aliphatic carbocycles. The van der Waals surface area contributed by atoms with Gasteiger partial charge in [-0.1, -0.05) is 59.8 Å². The number of hydrogen-bond acceptors (Lipinski definition) is 5. The number of carbonyl (C=O) groups is 1. The highest BCUT2D eigenvalue weighted by molar-refractivity contribution is 5.97. The molecule has 2 N–H and O–H groups in total. The first kappa shape index (κ1) is 18.8. The van der Waals surface area contributed by atoms with Gasteiger partial charge in [-0.05, 0) is 28.5 Å². The van der Waals surface area contributed by atoms with E-state index in [4.69, 9.17) is 9.63 Å². The zero-order valence-corrected chi connectivity index (χ0v) is 17.2. The summed E-state index contributed by atoms with van der Waals surface area (Å²) in [5.41, 5.74) is 3.87. The number of nitrogens with one attached hydrogen (secondary N) is 1. The van der Waals surface area contributed by atoms with Gasteiger partial charge in [0.25, 0.3) is 5.89 Å². The third-order valence-electron chi connectivity index (χ3n) is 6.14. The molecular weight excluding hydrogens is 404 g/mol. The number of likely N-dealkylation sites (tertiary alicyclic amines) is 1. The number of fused-ring (bicyclic) bond motifs is 2. The molecule has 0 spiro atoms. The first-order valence-electron chi connectivity index (χ1n) is 10.5. The number of para-hydroxylation sites is 1. The first-order chi connectivity index (χ1) is 15.7. The third kappa shape index (κ3) is 3.14. The van der Waals surface area contributed by atoms with Gasteiger partial charge in [-0.2, -0.15) is 4.98 Å². The highest BCUT2D eigenvalue weighted by Gasteiger charge is 2.32. The van der Waals surface area contributed by atoms with Gasteiger partial charge in [-0.3, -0.25) is 9.69 Å². The lowest BCUT2D eigenvalue weighted by atomic mass is 9.95. The van der Waals surface area contributed by atoms with Crippen LogP contribution < -0.4 is 0 Å². The molecule has 3 aromatic carbocycles. The Morgan fingerprint density at radius 3 is 2.66 bits per heavy atom. The van der Waals surface area contributed by atoms with Crippen molar-refractivity contribution in [1.29, 1.82) is 0 Å². The molecule has 0 radical (unpaired) electrons. The van der Waals surface area contributed by atoms with Gasteiger partial charge in [0, 0.05) is 36.1 Å². The molecule has 1 fully saturated rings. The van der Waals surface area contributed by atoms with E-state index in [1.807, 2.05) is 48.5 Å². The number of rotatable bonds is 5. The van der Waals surface area contributed by atoms with Crippen molar-refractivity contribution in [2.24, 2.45) is 5.92 Å². The molecule has 1 aliphatic heterocycles. The molecule has 1 saturated heterocycles. The summed E-state index contributed by atoms with van der Waals surface area (Å²) >= 11 is 0. The zero-order chi connectivity index (χ0) is 21.7. The maximum absolute atomic E-state index is 11.1. The molecule has 32 heavy (non-hydrogen) atoms. The SMILES string of the molecule is O=C(O)C1CN(Cc2ccc(-c3noc(-c4cc5ccccc5[nH]4)n3)c3ccccc23)C1. The number of nitrogens with zero attached hydrogens (tertiary/aromatic N) is 3. The minimum atomic E-state index is -0.718. The maximum Gasteiger partial charge on any atom is 0.309 e. The fourth-order valence-corrected chi connectivity index (χ4v) is 4.42. The summed E-state index contributed by atoms with van der Waals surface area (Å²) in [6.07, 6.45) is 0. The van der Waals surface area contributed by atoms with Crippen molar-refractivity contribution >= 4 is 27.6 Å². The third-order valence-corrected chi connectivity index (χ3v) is 6.14. The van der Waals surface area contributed by atoms with E-state index in [9.17, 15) is 4.79 Å². The lowest BCUT2D eigenvalue weighted by Gasteiger charge is -2.36. The molecule has 6 rings (SSSR count). The van der Waals surface area contributed by atoms with Crippen LogP contribution in [0.4, 0.5) is 0 Å². The smallest absolute Gasteiger partial charge is 0.309 e.